The van der Waals surface area contributed by atoms with E-state index in [0.29, 0.717) is 22.7 Å². The normalized spacial score (nSPS) is 10.7. The van der Waals surface area contributed by atoms with Gasteiger partial charge in [-0.1, -0.05) is 11.2 Å². The molecule has 2 N–H and O–H groups in total. The number of aryl methyl sites for hydroxylation is 1. The topological polar surface area (TPSA) is 84.6 Å². The molecule has 134 valence electrons. The van der Waals surface area contributed by atoms with E-state index < -0.39 is 5.91 Å². The Balaban J connectivity index is 1.51. The molecular formula is C19H17FN2O4. The van der Waals surface area contributed by atoms with Crippen molar-refractivity contribution in [1.82, 2.24) is 5.16 Å². The third kappa shape index (κ3) is 4.46. The van der Waals surface area contributed by atoms with Crippen LogP contribution in [0.25, 0.3) is 11.3 Å². The number of hydrogen-bond acceptors (Lipinski definition) is 5. The van der Waals surface area contributed by atoms with Crippen molar-refractivity contribution in [3.63, 3.8) is 0 Å². The highest BCUT2D eigenvalue weighted by Crippen LogP contribution is 2.24. The average molecular weight is 356 g/mol. The number of amides is 1. The Bertz CT molecular complexity index is 906. The largest absolute Gasteiger partial charge is 0.506 e. The number of hydrogen-bond donors (Lipinski definition) is 2. The maximum absolute atomic E-state index is 12.9. The lowest BCUT2D eigenvalue weighted by atomic mass is 10.1. The number of ether oxygens (including phenoxy) is 1. The second kappa shape index (κ2) is 7.79. The lowest BCUT2D eigenvalue weighted by Gasteiger charge is -2.08. The van der Waals surface area contributed by atoms with E-state index >= 15 is 0 Å². The van der Waals surface area contributed by atoms with Crippen molar-refractivity contribution >= 4 is 11.6 Å². The summed E-state index contributed by atoms with van der Waals surface area (Å²) in [5, 5.41) is 16.2. The number of aromatic hydroxyl groups is 1. The lowest BCUT2D eigenvalue weighted by Crippen LogP contribution is -2.18. The minimum absolute atomic E-state index is 0.00982. The Kier molecular flexibility index (Phi) is 5.28. The van der Waals surface area contributed by atoms with Gasteiger partial charge in [0.1, 0.15) is 23.9 Å². The number of benzene rings is 2. The van der Waals surface area contributed by atoms with Gasteiger partial charge in [0, 0.05) is 11.6 Å². The minimum Gasteiger partial charge on any atom is -0.506 e. The highest BCUT2D eigenvalue weighted by Gasteiger charge is 2.10. The van der Waals surface area contributed by atoms with Gasteiger partial charge in [-0.3, -0.25) is 4.79 Å². The molecule has 0 aliphatic heterocycles. The van der Waals surface area contributed by atoms with E-state index in [4.69, 9.17) is 9.26 Å². The van der Waals surface area contributed by atoms with Crippen LogP contribution < -0.4 is 5.32 Å². The molecule has 3 rings (SSSR count). The highest BCUT2D eigenvalue weighted by atomic mass is 19.1. The molecule has 6 nitrogen and oxygen atoms in total. The molecule has 0 spiro atoms. The number of carbonyl (C=O) groups excluding carboxylic acids is 1. The summed E-state index contributed by atoms with van der Waals surface area (Å²) >= 11 is 0. The van der Waals surface area contributed by atoms with Crippen LogP contribution in [0.3, 0.4) is 0 Å². The van der Waals surface area contributed by atoms with Crippen LogP contribution in [-0.2, 0) is 16.1 Å². The highest BCUT2D eigenvalue weighted by molar-refractivity contribution is 5.93. The van der Waals surface area contributed by atoms with Gasteiger partial charge >= 0.3 is 0 Å². The molecule has 3 aromatic rings. The third-order valence-corrected chi connectivity index (χ3v) is 3.60. The average Bonchev–Trinajstić information content (AvgIpc) is 3.08. The van der Waals surface area contributed by atoms with Crippen molar-refractivity contribution in [2.45, 2.75) is 13.5 Å². The maximum atomic E-state index is 12.9. The number of aromatic nitrogens is 1. The summed E-state index contributed by atoms with van der Waals surface area (Å²) in [5.41, 5.74) is 2.45. The molecule has 0 fully saturated rings. The molecular weight excluding hydrogens is 339 g/mol. The van der Waals surface area contributed by atoms with E-state index in [1.165, 1.54) is 18.2 Å². The first-order chi connectivity index (χ1) is 12.5. The van der Waals surface area contributed by atoms with Gasteiger partial charge in [-0.2, -0.15) is 0 Å². The van der Waals surface area contributed by atoms with Gasteiger partial charge in [0.2, 0.25) is 5.91 Å². The zero-order valence-electron chi connectivity index (χ0n) is 14.0. The van der Waals surface area contributed by atoms with Gasteiger partial charge in [-0.25, -0.2) is 4.39 Å². The summed E-state index contributed by atoms with van der Waals surface area (Å²) < 4.78 is 23.4. The molecule has 7 heteroatoms. The lowest BCUT2D eigenvalue weighted by molar-refractivity contribution is -0.121. The van der Waals surface area contributed by atoms with E-state index in [2.05, 4.69) is 10.5 Å². The summed E-state index contributed by atoms with van der Waals surface area (Å²) in [7, 11) is 0. The first kappa shape index (κ1) is 17.6. The Morgan fingerprint density at radius 1 is 1.23 bits per heavy atom. The molecule has 0 aliphatic carbocycles. The monoisotopic (exact) mass is 356 g/mol. The van der Waals surface area contributed by atoms with Crippen LogP contribution >= 0.6 is 0 Å². The van der Waals surface area contributed by atoms with Crippen LogP contribution in [0, 0.1) is 12.7 Å². The Labute approximate surface area is 149 Å². The van der Waals surface area contributed by atoms with E-state index in [1.807, 2.05) is 6.92 Å². The van der Waals surface area contributed by atoms with Gasteiger partial charge < -0.3 is 19.7 Å². The van der Waals surface area contributed by atoms with Crippen LogP contribution in [0.4, 0.5) is 10.1 Å². The molecule has 0 atom stereocenters. The Morgan fingerprint density at radius 2 is 2.00 bits per heavy atom. The standard InChI is InChI=1S/C19H17FN2O4/c1-12-2-7-17(23)16(8-12)21-19(24)11-25-10-15-9-18(26-22-15)13-3-5-14(20)6-4-13/h2-9,23H,10-11H2,1H3,(H,21,24). The van der Waals surface area contributed by atoms with Crippen LogP contribution in [0.5, 0.6) is 5.75 Å². The van der Waals surface area contributed by atoms with Crippen molar-refractivity contribution in [3.8, 4) is 17.1 Å². The molecule has 0 bridgehead atoms. The summed E-state index contributed by atoms with van der Waals surface area (Å²) in [5.74, 6) is -0.252. The van der Waals surface area contributed by atoms with Crippen molar-refractivity contribution in [2.24, 2.45) is 0 Å². The summed E-state index contributed by atoms with van der Waals surface area (Å²) in [4.78, 5) is 11.9. The van der Waals surface area contributed by atoms with E-state index in [1.54, 1.807) is 30.3 Å². The first-order valence-corrected chi connectivity index (χ1v) is 7.90. The number of rotatable bonds is 6. The van der Waals surface area contributed by atoms with Crippen LogP contribution in [0.2, 0.25) is 0 Å². The van der Waals surface area contributed by atoms with Crippen LogP contribution in [-0.4, -0.2) is 22.8 Å². The van der Waals surface area contributed by atoms with Crippen molar-refractivity contribution in [2.75, 3.05) is 11.9 Å². The van der Waals surface area contributed by atoms with Crippen molar-refractivity contribution in [1.29, 1.82) is 0 Å². The van der Waals surface area contributed by atoms with Gasteiger partial charge in [-0.05, 0) is 48.9 Å². The molecule has 1 heterocycles. The molecule has 0 unspecified atom stereocenters. The van der Waals surface area contributed by atoms with E-state index in [-0.39, 0.29) is 24.8 Å². The molecule has 1 aromatic heterocycles. The van der Waals surface area contributed by atoms with Gasteiger partial charge in [-0.15, -0.1) is 0 Å². The fourth-order valence-electron chi connectivity index (χ4n) is 2.31. The van der Waals surface area contributed by atoms with Crippen molar-refractivity contribution in [3.05, 3.63) is 65.6 Å². The van der Waals surface area contributed by atoms with E-state index in [0.717, 1.165) is 5.56 Å². The van der Waals surface area contributed by atoms with Crippen molar-refractivity contribution < 1.29 is 23.6 Å². The third-order valence-electron chi connectivity index (χ3n) is 3.60. The molecule has 0 saturated carbocycles. The van der Waals surface area contributed by atoms with Crippen LogP contribution in [0.15, 0.2) is 53.1 Å². The number of halogens is 1. The predicted octanol–water partition coefficient (Wildman–Crippen LogP) is 3.65. The second-order valence-electron chi connectivity index (χ2n) is 5.75. The molecule has 1 amide bonds. The van der Waals surface area contributed by atoms with Gasteiger partial charge in [0.15, 0.2) is 5.76 Å². The van der Waals surface area contributed by atoms with E-state index in [9.17, 15) is 14.3 Å². The Morgan fingerprint density at radius 3 is 2.77 bits per heavy atom. The molecule has 0 radical (unpaired) electrons. The fraction of sp³-hybridized carbons (Fsp3) is 0.158. The maximum Gasteiger partial charge on any atom is 0.250 e. The fourth-order valence-corrected chi connectivity index (χ4v) is 2.31. The number of nitrogens with zero attached hydrogens (tertiary/aromatic N) is 1. The van der Waals surface area contributed by atoms with Gasteiger partial charge in [0.25, 0.3) is 0 Å². The molecule has 26 heavy (non-hydrogen) atoms. The number of anilines is 1. The summed E-state index contributed by atoms with van der Waals surface area (Å²) in [6.45, 7) is 1.74. The Hall–Kier alpha value is -3.19. The minimum atomic E-state index is -0.395. The van der Waals surface area contributed by atoms with Gasteiger partial charge in [0.05, 0.1) is 12.3 Å². The zero-order valence-corrected chi connectivity index (χ0v) is 14.0. The number of carbonyl (C=O) groups is 1. The number of nitrogens with one attached hydrogen (secondary N) is 1. The first-order valence-electron chi connectivity index (χ1n) is 7.90. The van der Waals surface area contributed by atoms with Crippen LogP contribution in [0.1, 0.15) is 11.3 Å². The quantitative estimate of drug-likeness (QED) is 0.659. The number of phenols is 1. The summed E-state index contributed by atoms with van der Waals surface area (Å²) in [6, 6.07) is 12.4. The smallest absolute Gasteiger partial charge is 0.250 e. The predicted molar refractivity (Wildman–Crippen MR) is 93.0 cm³/mol. The molecule has 2 aromatic carbocycles. The number of phenolic OH excluding ortho intramolecular Hbond substituents is 1. The zero-order chi connectivity index (χ0) is 18.5. The SMILES string of the molecule is Cc1ccc(O)c(NC(=O)COCc2cc(-c3ccc(F)cc3)on2)c1. The molecule has 0 saturated heterocycles. The molecule has 0 aliphatic rings. The second-order valence-corrected chi connectivity index (χ2v) is 5.75. The summed E-state index contributed by atoms with van der Waals surface area (Å²) in [6.07, 6.45) is 0.